The van der Waals surface area contributed by atoms with Gasteiger partial charge in [-0.2, -0.15) is 4.39 Å². The first-order chi connectivity index (χ1) is 15.7. The molecule has 1 aliphatic rings. The Balaban J connectivity index is 1.39. The SMILES string of the molecule is O=C(Nc1cnc(OCc2ccccc2)c(F)c1O)c1ncc(OC[C@H]2CC2(F)F)cc1F. The lowest BCUT2D eigenvalue weighted by Gasteiger charge is -2.11. The van der Waals surface area contributed by atoms with Crippen molar-refractivity contribution in [2.75, 3.05) is 11.9 Å². The third-order valence-corrected chi connectivity index (χ3v) is 4.87. The van der Waals surface area contributed by atoms with E-state index in [0.29, 0.717) is 0 Å². The Kier molecular flexibility index (Phi) is 6.03. The molecule has 33 heavy (non-hydrogen) atoms. The fraction of sp³-hybridized carbons (Fsp3) is 0.227. The molecule has 1 saturated carbocycles. The number of hydrogen-bond donors (Lipinski definition) is 2. The first kappa shape index (κ1) is 22.3. The number of carbonyl (C=O) groups is 1. The fourth-order valence-corrected chi connectivity index (χ4v) is 2.87. The third-order valence-electron chi connectivity index (χ3n) is 4.87. The second-order valence-electron chi connectivity index (χ2n) is 7.34. The largest absolute Gasteiger partial charge is 0.503 e. The molecule has 4 rings (SSSR count). The van der Waals surface area contributed by atoms with Crippen molar-refractivity contribution in [3.63, 3.8) is 0 Å². The van der Waals surface area contributed by atoms with Crippen molar-refractivity contribution in [1.82, 2.24) is 9.97 Å². The van der Waals surface area contributed by atoms with Gasteiger partial charge in [0, 0.05) is 12.5 Å². The molecular weight excluding hydrogens is 446 g/mol. The number of carbonyl (C=O) groups excluding carboxylic acids is 1. The van der Waals surface area contributed by atoms with Crippen LogP contribution in [0.4, 0.5) is 23.2 Å². The van der Waals surface area contributed by atoms with Crippen LogP contribution in [0.25, 0.3) is 0 Å². The molecule has 1 amide bonds. The summed E-state index contributed by atoms with van der Waals surface area (Å²) in [5, 5.41) is 12.2. The van der Waals surface area contributed by atoms with E-state index in [0.717, 1.165) is 24.0 Å². The standard InChI is InChI=1S/C22H17F4N3O4/c23-15-6-14(32-11-13-7-22(13,25)26)8-27-18(15)20(31)29-16-9-28-21(17(24)19(16)30)33-10-12-4-2-1-3-5-12/h1-6,8-9,13H,7,10-11H2,(H,28,30)(H,29,31)/t13-/m1/s1. The summed E-state index contributed by atoms with van der Waals surface area (Å²) >= 11 is 0. The second kappa shape index (κ2) is 8.93. The van der Waals surface area contributed by atoms with Crippen LogP contribution in [-0.4, -0.2) is 33.5 Å². The zero-order valence-electron chi connectivity index (χ0n) is 16.9. The van der Waals surface area contributed by atoms with E-state index in [2.05, 4.69) is 15.3 Å². The summed E-state index contributed by atoms with van der Waals surface area (Å²) in [6.07, 6.45) is 1.65. The molecule has 7 nitrogen and oxygen atoms in total. The lowest BCUT2D eigenvalue weighted by molar-refractivity contribution is 0.0855. The van der Waals surface area contributed by atoms with Crippen LogP contribution in [0.2, 0.25) is 0 Å². The summed E-state index contributed by atoms with van der Waals surface area (Å²) in [7, 11) is 0. The van der Waals surface area contributed by atoms with Crippen molar-refractivity contribution in [2.24, 2.45) is 5.92 Å². The van der Waals surface area contributed by atoms with E-state index in [9.17, 15) is 27.5 Å². The first-order valence-electron chi connectivity index (χ1n) is 9.76. The number of aromatic nitrogens is 2. The minimum absolute atomic E-state index is 0.00214. The number of anilines is 1. The maximum absolute atomic E-state index is 14.4. The highest BCUT2D eigenvalue weighted by Gasteiger charge is 2.57. The summed E-state index contributed by atoms with van der Waals surface area (Å²) in [6.45, 7) is -0.310. The van der Waals surface area contributed by atoms with Crippen molar-refractivity contribution in [2.45, 2.75) is 19.0 Å². The van der Waals surface area contributed by atoms with Gasteiger partial charge in [-0.25, -0.2) is 23.1 Å². The van der Waals surface area contributed by atoms with Crippen LogP contribution in [0.15, 0.2) is 48.8 Å². The molecule has 1 fully saturated rings. The van der Waals surface area contributed by atoms with Gasteiger partial charge in [0.15, 0.2) is 17.3 Å². The van der Waals surface area contributed by atoms with E-state index in [1.807, 2.05) is 0 Å². The average Bonchev–Trinajstić information content (AvgIpc) is 3.42. The molecule has 11 heteroatoms. The lowest BCUT2D eigenvalue weighted by atomic mass is 10.2. The molecule has 172 valence electrons. The van der Waals surface area contributed by atoms with Gasteiger partial charge < -0.3 is 19.9 Å². The number of halogens is 4. The number of aromatic hydroxyl groups is 1. The molecule has 0 aliphatic heterocycles. The highest BCUT2D eigenvalue weighted by molar-refractivity contribution is 6.03. The molecule has 0 saturated heterocycles. The second-order valence-corrected chi connectivity index (χ2v) is 7.34. The molecular formula is C22H17F4N3O4. The number of alkyl halides is 2. The quantitative estimate of drug-likeness (QED) is 0.483. The number of hydrogen-bond acceptors (Lipinski definition) is 6. The van der Waals surface area contributed by atoms with Crippen molar-refractivity contribution in [1.29, 1.82) is 0 Å². The maximum atomic E-state index is 14.4. The van der Waals surface area contributed by atoms with Crippen LogP contribution >= 0.6 is 0 Å². The fourth-order valence-electron chi connectivity index (χ4n) is 2.87. The van der Waals surface area contributed by atoms with Crippen LogP contribution in [0.3, 0.4) is 0 Å². The Hall–Kier alpha value is -3.89. The lowest BCUT2D eigenvalue weighted by Crippen LogP contribution is -2.17. The molecule has 1 atom stereocenters. The van der Waals surface area contributed by atoms with Gasteiger partial charge in [-0.1, -0.05) is 30.3 Å². The topological polar surface area (TPSA) is 93.6 Å². The summed E-state index contributed by atoms with van der Waals surface area (Å²) < 4.78 is 64.8. The monoisotopic (exact) mass is 463 g/mol. The number of rotatable bonds is 8. The van der Waals surface area contributed by atoms with Crippen LogP contribution in [0.1, 0.15) is 22.5 Å². The number of amides is 1. The van der Waals surface area contributed by atoms with Gasteiger partial charge in [0.25, 0.3) is 17.7 Å². The Morgan fingerprint density at radius 3 is 2.55 bits per heavy atom. The summed E-state index contributed by atoms with van der Waals surface area (Å²) in [6, 6.07) is 9.68. The highest BCUT2D eigenvalue weighted by atomic mass is 19.3. The normalized spacial score (nSPS) is 16.2. The molecule has 0 spiro atoms. The van der Waals surface area contributed by atoms with E-state index in [4.69, 9.17) is 9.47 Å². The van der Waals surface area contributed by atoms with Crippen LogP contribution in [-0.2, 0) is 6.61 Å². The average molecular weight is 463 g/mol. The smallest absolute Gasteiger partial charge is 0.277 e. The number of nitrogens with zero attached hydrogens (tertiary/aromatic N) is 2. The van der Waals surface area contributed by atoms with Gasteiger partial charge in [-0.05, 0) is 5.56 Å². The summed E-state index contributed by atoms with van der Waals surface area (Å²) in [4.78, 5) is 19.7. The zero-order chi connectivity index (χ0) is 23.6. The minimum atomic E-state index is -2.78. The number of nitrogens with one attached hydrogen (secondary N) is 1. The molecule has 2 N–H and O–H groups in total. The number of pyridine rings is 2. The highest BCUT2D eigenvalue weighted by Crippen LogP contribution is 2.48. The van der Waals surface area contributed by atoms with Crippen molar-refractivity contribution < 1.29 is 36.9 Å². The van der Waals surface area contributed by atoms with Crippen molar-refractivity contribution in [3.05, 3.63) is 71.7 Å². The van der Waals surface area contributed by atoms with Crippen LogP contribution < -0.4 is 14.8 Å². The first-order valence-corrected chi connectivity index (χ1v) is 9.76. The molecule has 1 aliphatic carbocycles. The van der Waals surface area contributed by atoms with Gasteiger partial charge in [0.1, 0.15) is 18.0 Å². The van der Waals surface area contributed by atoms with E-state index in [1.165, 1.54) is 0 Å². The Bertz CT molecular complexity index is 1180. The third kappa shape index (κ3) is 5.13. The maximum Gasteiger partial charge on any atom is 0.277 e. The van der Waals surface area contributed by atoms with E-state index < -0.39 is 52.4 Å². The number of benzene rings is 1. The molecule has 0 unspecified atom stereocenters. The predicted molar refractivity (Wildman–Crippen MR) is 107 cm³/mol. The number of ether oxygens (including phenoxy) is 2. The van der Waals surface area contributed by atoms with Crippen LogP contribution in [0.5, 0.6) is 17.4 Å². The van der Waals surface area contributed by atoms with E-state index in [-0.39, 0.29) is 25.4 Å². The molecule has 2 aromatic heterocycles. The Labute approximate surface area is 185 Å². The molecule has 1 aromatic carbocycles. The van der Waals surface area contributed by atoms with Gasteiger partial charge in [0.2, 0.25) is 5.82 Å². The van der Waals surface area contributed by atoms with E-state index in [1.54, 1.807) is 30.3 Å². The Morgan fingerprint density at radius 1 is 1.15 bits per heavy atom. The molecule has 0 bridgehead atoms. The molecule has 3 aromatic rings. The van der Waals surface area contributed by atoms with Gasteiger partial charge in [-0.3, -0.25) is 4.79 Å². The Morgan fingerprint density at radius 2 is 1.88 bits per heavy atom. The van der Waals surface area contributed by atoms with Gasteiger partial charge in [-0.15, -0.1) is 0 Å². The predicted octanol–water partition coefficient (Wildman–Crippen LogP) is 4.33. The van der Waals surface area contributed by atoms with Crippen molar-refractivity contribution in [3.8, 4) is 17.4 Å². The zero-order valence-corrected chi connectivity index (χ0v) is 16.9. The van der Waals surface area contributed by atoms with Crippen LogP contribution in [0, 0.1) is 17.6 Å². The summed E-state index contributed by atoms with van der Waals surface area (Å²) in [5.41, 5.74) is -0.360. The van der Waals surface area contributed by atoms with Gasteiger partial charge >= 0.3 is 0 Å². The minimum Gasteiger partial charge on any atom is -0.503 e. The van der Waals surface area contributed by atoms with Crippen molar-refractivity contribution >= 4 is 11.6 Å². The van der Waals surface area contributed by atoms with E-state index >= 15 is 0 Å². The van der Waals surface area contributed by atoms with Gasteiger partial charge in [0.05, 0.1) is 24.9 Å². The molecule has 2 heterocycles. The molecule has 0 radical (unpaired) electrons. The summed E-state index contributed by atoms with van der Waals surface area (Å²) in [5.74, 6) is -8.67.